The van der Waals surface area contributed by atoms with E-state index in [0.29, 0.717) is 6.61 Å². The van der Waals surface area contributed by atoms with E-state index in [1.165, 1.54) is 17.6 Å². The van der Waals surface area contributed by atoms with Gasteiger partial charge in [-0.3, -0.25) is 4.90 Å². The average molecular weight is 187 g/mol. The van der Waals surface area contributed by atoms with Crippen molar-refractivity contribution >= 4 is 0 Å². The molecule has 0 aromatic rings. The third-order valence-electron chi connectivity index (χ3n) is 3.52. The van der Waals surface area contributed by atoms with E-state index >= 15 is 0 Å². The van der Waals surface area contributed by atoms with Crippen molar-refractivity contribution in [2.24, 2.45) is 0 Å². The summed E-state index contributed by atoms with van der Waals surface area (Å²) in [5.74, 6) is 0. The number of likely N-dealkylation sites (N-methyl/N-ethyl adjacent to an activating group) is 1. The second-order valence-corrected chi connectivity index (χ2v) is 4.59. The molecule has 0 radical (unpaired) electrons. The van der Waals surface area contributed by atoms with Crippen LogP contribution in [0.3, 0.4) is 0 Å². The molecule has 1 fully saturated rings. The topological polar surface area (TPSA) is 23.5 Å². The van der Waals surface area contributed by atoms with Crippen LogP contribution in [0.2, 0.25) is 0 Å². The fraction of sp³-hybridized carbons (Fsp3) is 1.00. The van der Waals surface area contributed by atoms with Gasteiger partial charge in [-0.1, -0.05) is 0 Å². The van der Waals surface area contributed by atoms with Crippen molar-refractivity contribution in [2.45, 2.75) is 19.9 Å². The monoisotopic (exact) mass is 187 g/mol. The lowest BCUT2D eigenvalue weighted by Gasteiger charge is -2.44. The Kier molecular flexibility index (Phi) is 3.71. The number of rotatable bonds is 3. The van der Waals surface area contributed by atoms with Crippen LogP contribution in [0.25, 0.3) is 0 Å². The van der Waals surface area contributed by atoms with Gasteiger partial charge in [0, 0.05) is 19.6 Å². The molecule has 0 saturated carbocycles. The molecule has 3 heteroatoms. The zero-order chi connectivity index (χ0) is 9.90. The van der Waals surface area contributed by atoms with E-state index in [1.807, 2.05) is 0 Å². The number of hydrogen-bond acceptors (Lipinski definition) is 2. The molecule has 78 valence electrons. The zero-order valence-corrected chi connectivity index (χ0v) is 9.16. The molecule has 0 aromatic carbocycles. The van der Waals surface area contributed by atoms with Crippen LogP contribution in [0.1, 0.15) is 13.8 Å². The molecule has 0 aliphatic carbocycles. The molecule has 0 unspecified atom stereocenters. The van der Waals surface area contributed by atoms with Gasteiger partial charge in [-0.05, 0) is 13.8 Å². The number of piperazine rings is 1. The third kappa shape index (κ3) is 2.66. The highest BCUT2D eigenvalue weighted by Crippen LogP contribution is 2.14. The summed E-state index contributed by atoms with van der Waals surface area (Å²) < 4.78 is 1.18. The van der Waals surface area contributed by atoms with Gasteiger partial charge in [0.25, 0.3) is 0 Å². The Labute approximate surface area is 81.5 Å². The largest absolute Gasteiger partial charge is 0.395 e. The number of aliphatic hydroxyl groups is 1. The lowest BCUT2D eigenvalue weighted by atomic mass is 10.2. The van der Waals surface area contributed by atoms with Gasteiger partial charge >= 0.3 is 0 Å². The van der Waals surface area contributed by atoms with Gasteiger partial charge in [-0.2, -0.15) is 0 Å². The molecule has 0 atom stereocenters. The van der Waals surface area contributed by atoms with Crippen molar-refractivity contribution in [1.29, 1.82) is 0 Å². The highest BCUT2D eigenvalue weighted by molar-refractivity contribution is 4.63. The first-order chi connectivity index (χ1) is 6.08. The molecular weight excluding hydrogens is 164 g/mol. The van der Waals surface area contributed by atoms with Crippen LogP contribution >= 0.6 is 0 Å². The molecule has 1 heterocycles. The minimum absolute atomic E-state index is 0.297. The van der Waals surface area contributed by atoms with Crippen molar-refractivity contribution in [3.63, 3.8) is 0 Å². The second-order valence-electron chi connectivity index (χ2n) is 4.59. The van der Waals surface area contributed by atoms with E-state index in [0.717, 1.165) is 25.7 Å². The SMILES string of the molecule is CC(C)[N+]1(C)CCN(CCO)CC1. The first-order valence-corrected chi connectivity index (χ1v) is 5.26. The van der Waals surface area contributed by atoms with Crippen LogP contribution in [-0.2, 0) is 0 Å². The molecule has 0 amide bonds. The van der Waals surface area contributed by atoms with Crippen LogP contribution in [0.4, 0.5) is 0 Å². The Balaban J connectivity index is 2.37. The molecule has 0 aromatic heterocycles. The molecule has 13 heavy (non-hydrogen) atoms. The van der Waals surface area contributed by atoms with Crippen molar-refractivity contribution < 1.29 is 9.59 Å². The van der Waals surface area contributed by atoms with Crippen molar-refractivity contribution in [3.05, 3.63) is 0 Å². The Morgan fingerprint density at radius 2 is 1.85 bits per heavy atom. The van der Waals surface area contributed by atoms with Crippen LogP contribution in [-0.4, -0.2) is 66.9 Å². The summed E-state index contributed by atoms with van der Waals surface area (Å²) in [6.07, 6.45) is 0. The highest BCUT2D eigenvalue weighted by Gasteiger charge is 2.30. The normalized spacial score (nSPS) is 23.8. The van der Waals surface area contributed by atoms with Gasteiger partial charge in [0.2, 0.25) is 0 Å². The van der Waals surface area contributed by atoms with Crippen molar-refractivity contribution in [2.75, 3.05) is 46.4 Å². The minimum Gasteiger partial charge on any atom is -0.395 e. The standard InChI is InChI=1S/C10H23N2O/c1-10(2)12(3)7-4-11(5-8-12)6-9-13/h10,13H,4-9H2,1-3H3/q+1. The maximum absolute atomic E-state index is 8.81. The summed E-state index contributed by atoms with van der Waals surface area (Å²) in [6.45, 7) is 10.4. The maximum Gasteiger partial charge on any atom is 0.0916 e. The molecule has 0 spiro atoms. The van der Waals surface area contributed by atoms with E-state index < -0.39 is 0 Å². The van der Waals surface area contributed by atoms with E-state index in [2.05, 4.69) is 25.8 Å². The van der Waals surface area contributed by atoms with E-state index in [1.54, 1.807) is 0 Å². The van der Waals surface area contributed by atoms with Gasteiger partial charge in [-0.15, -0.1) is 0 Å². The lowest BCUT2D eigenvalue weighted by Crippen LogP contribution is -2.60. The number of aliphatic hydroxyl groups excluding tert-OH is 1. The number of hydrogen-bond donors (Lipinski definition) is 1. The van der Waals surface area contributed by atoms with E-state index in [9.17, 15) is 0 Å². The fourth-order valence-corrected chi connectivity index (χ4v) is 1.84. The summed E-state index contributed by atoms with van der Waals surface area (Å²) in [6, 6.07) is 0.719. The number of quaternary nitrogens is 1. The highest BCUT2D eigenvalue weighted by atomic mass is 16.3. The Hall–Kier alpha value is -0.120. The summed E-state index contributed by atoms with van der Waals surface area (Å²) in [4.78, 5) is 2.35. The predicted octanol–water partition coefficient (Wildman–Crippen LogP) is 0.149. The van der Waals surface area contributed by atoms with Crippen LogP contribution in [0.15, 0.2) is 0 Å². The Morgan fingerprint density at radius 1 is 1.31 bits per heavy atom. The smallest absolute Gasteiger partial charge is 0.0916 e. The van der Waals surface area contributed by atoms with Crippen molar-refractivity contribution in [1.82, 2.24) is 4.90 Å². The van der Waals surface area contributed by atoms with Crippen LogP contribution in [0.5, 0.6) is 0 Å². The summed E-state index contributed by atoms with van der Waals surface area (Å²) in [5, 5.41) is 8.81. The summed E-state index contributed by atoms with van der Waals surface area (Å²) in [7, 11) is 2.33. The van der Waals surface area contributed by atoms with E-state index in [-0.39, 0.29) is 0 Å². The van der Waals surface area contributed by atoms with Gasteiger partial charge in [0.15, 0.2) is 0 Å². The molecule has 1 N–H and O–H groups in total. The van der Waals surface area contributed by atoms with Gasteiger partial charge in [0.05, 0.1) is 32.8 Å². The first kappa shape index (κ1) is 11.0. The second kappa shape index (κ2) is 4.40. The van der Waals surface area contributed by atoms with Gasteiger partial charge in [0.1, 0.15) is 0 Å². The Bertz CT molecular complexity index is 151. The molecule has 3 nitrogen and oxygen atoms in total. The molecule has 1 saturated heterocycles. The first-order valence-electron chi connectivity index (χ1n) is 5.26. The predicted molar refractivity (Wildman–Crippen MR) is 54.6 cm³/mol. The zero-order valence-electron chi connectivity index (χ0n) is 9.16. The molecule has 1 rings (SSSR count). The van der Waals surface area contributed by atoms with Gasteiger partial charge in [-0.25, -0.2) is 0 Å². The lowest BCUT2D eigenvalue weighted by molar-refractivity contribution is -0.933. The Morgan fingerprint density at radius 3 is 2.23 bits per heavy atom. The average Bonchev–Trinajstić information content (AvgIpc) is 2.09. The molecule has 1 aliphatic rings. The molecular formula is C10H23N2O+. The third-order valence-corrected chi connectivity index (χ3v) is 3.52. The maximum atomic E-state index is 8.81. The molecule has 1 aliphatic heterocycles. The van der Waals surface area contributed by atoms with Crippen LogP contribution in [0, 0.1) is 0 Å². The summed E-state index contributed by atoms with van der Waals surface area (Å²) in [5.41, 5.74) is 0. The van der Waals surface area contributed by atoms with E-state index in [4.69, 9.17) is 5.11 Å². The number of β-amino-alcohol motifs (C(OH)–C–C–N with tert-alkyl or cyclic N) is 1. The van der Waals surface area contributed by atoms with Crippen LogP contribution < -0.4 is 0 Å². The van der Waals surface area contributed by atoms with Gasteiger partial charge < -0.3 is 9.59 Å². The fourth-order valence-electron chi connectivity index (χ4n) is 1.84. The summed E-state index contributed by atoms with van der Waals surface area (Å²) >= 11 is 0. The minimum atomic E-state index is 0.297. The quantitative estimate of drug-likeness (QED) is 0.636. The van der Waals surface area contributed by atoms with Crippen molar-refractivity contribution in [3.8, 4) is 0 Å². The molecule has 0 bridgehead atoms. The number of nitrogens with zero attached hydrogens (tertiary/aromatic N) is 2.